The summed E-state index contributed by atoms with van der Waals surface area (Å²) >= 11 is 3.17. The van der Waals surface area contributed by atoms with E-state index < -0.39 is 10.0 Å². The Kier molecular flexibility index (Phi) is 7.35. The molecule has 0 aliphatic heterocycles. The number of nitrogens with one attached hydrogen (secondary N) is 2. The van der Waals surface area contributed by atoms with Crippen LogP contribution in [-0.2, 0) is 16.6 Å². The van der Waals surface area contributed by atoms with E-state index in [9.17, 15) is 8.42 Å². The molecule has 122 valence electrons. The van der Waals surface area contributed by atoms with Gasteiger partial charge in [-0.25, -0.2) is 13.1 Å². The molecule has 0 saturated heterocycles. The van der Waals surface area contributed by atoms with Gasteiger partial charge in [0, 0.05) is 18.7 Å². The zero-order valence-corrected chi connectivity index (χ0v) is 15.3. The van der Waals surface area contributed by atoms with Crippen LogP contribution in [0.3, 0.4) is 0 Å². The van der Waals surface area contributed by atoms with Gasteiger partial charge in [0.1, 0.15) is 10.7 Å². The summed E-state index contributed by atoms with van der Waals surface area (Å²) < 4.78 is 32.7. The van der Waals surface area contributed by atoms with Crippen LogP contribution >= 0.6 is 15.9 Å². The highest BCUT2D eigenvalue weighted by molar-refractivity contribution is 9.10. The predicted molar refractivity (Wildman–Crippen MR) is 86.7 cm³/mol. The second-order valence-corrected chi connectivity index (χ2v) is 7.90. The van der Waals surface area contributed by atoms with E-state index >= 15 is 0 Å². The molecule has 0 fully saturated rings. The number of furan rings is 1. The van der Waals surface area contributed by atoms with Crippen LogP contribution in [0, 0.1) is 0 Å². The summed E-state index contributed by atoms with van der Waals surface area (Å²) in [5, 5.41) is 3.18. The van der Waals surface area contributed by atoms with Gasteiger partial charge in [-0.1, -0.05) is 13.8 Å². The van der Waals surface area contributed by atoms with Crippen LogP contribution in [0.4, 0.5) is 0 Å². The van der Waals surface area contributed by atoms with Crippen molar-refractivity contribution in [1.82, 2.24) is 14.9 Å². The standard InChI is InChI=1S/C13H24BrN3O3S/c1-10(2)15-9-11-8-12(13(14)20-11)21(18,19)16-6-5-7-17(3)4/h8,10,15-16H,5-7,9H2,1-4H3. The molecule has 6 nitrogen and oxygen atoms in total. The number of hydrogen-bond acceptors (Lipinski definition) is 5. The van der Waals surface area contributed by atoms with E-state index in [0.717, 1.165) is 13.0 Å². The van der Waals surface area contributed by atoms with Gasteiger partial charge in [-0.2, -0.15) is 0 Å². The summed E-state index contributed by atoms with van der Waals surface area (Å²) in [5.41, 5.74) is 0. The lowest BCUT2D eigenvalue weighted by atomic mass is 10.3. The van der Waals surface area contributed by atoms with Gasteiger partial charge in [-0.3, -0.25) is 0 Å². The van der Waals surface area contributed by atoms with Gasteiger partial charge in [-0.15, -0.1) is 0 Å². The number of sulfonamides is 1. The molecule has 0 atom stereocenters. The van der Waals surface area contributed by atoms with Crippen molar-refractivity contribution in [3.8, 4) is 0 Å². The van der Waals surface area contributed by atoms with Crippen LogP contribution in [0.1, 0.15) is 26.0 Å². The first kappa shape index (κ1) is 18.6. The van der Waals surface area contributed by atoms with Crippen LogP contribution in [-0.4, -0.2) is 46.5 Å². The van der Waals surface area contributed by atoms with E-state index in [4.69, 9.17) is 4.42 Å². The summed E-state index contributed by atoms with van der Waals surface area (Å²) in [6.07, 6.45) is 0.753. The summed E-state index contributed by atoms with van der Waals surface area (Å²) in [7, 11) is 0.364. The average molecular weight is 382 g/mol. The third-order valence-corrected chi connectivity index (χ3v) is 5.07. The molecule has 1 rings (SSSR count). The van der Waals surface area contributed by atoms with Crippen molar-refractivity contribution < 1.29 is 12.8 Å². The molecule has 21 heavy (non-hydrogen) atoms. The SMILES string of the molecule is CC(C)NCc1cc(S(=O)(=O)NCCCN(C)C)c(Br)o1. The average Bonchev–Trinajstić information content (AvgIpc) is 2.74. The molecule has 1 aromatic rings. The van der Waals surface area contributed by atoms with Gasteiger partial charge in [-0.05, 0) is 43.0 Å². The van der Waals surface area contributed by atoms with E-state index in [1.807, 2.05) is 32.8 Å². The minimum atomic E-state index is -3.54. The number of hydrogen-bond donors (Lipinski definition) is 2. The lowest BCUT2D eigenvalue weighted by molar-refractivity contribution is 0.400. The second-order valence-electron chi connectivity index (χ2n) is 5.44. The monoisotopic (exact) mass is 381 g/mol. The van der Waals surface area contributed by atoms with E-state index in [2.05, 4.69) is 26.0 Å². The van der Waals surface area contributed by atoms with E-state index in [0.29, 0.717) is 24.9 Å². The molecule has 0 spiro atoms. The highest BCUT2D eigenvalue weighted by atomic mass is 79.9. The van der Waals surface area contributed by atoms with Crippen LogP contribution in [0.5, 0.6) is 0 Å². The molecule has 2 N–H and O–H groups in total. The van der Waals surface area contributed by atoms with Gasteiger partial charge in [0.05, 0.1) is 6.54 Å². The Balaban J connectivity index is 2.65. The first-order valence-corrected chi connectivity index (χ1v) is 9.16. The highest BCUT2D eigenvalue weighted by Gasteiger charge is 2.22. The molecule has 0 radical (unpaired) electrons. The maximum absolute atomic E-state index is 12.2. The predicted octanol–water partition coefficient (Wildman–Crippen LogP) is 1.77. The van der Waals surface area contributed by atoms with Crippen molar-refractivity contribution in [3.63, 3.8) is 0 Å². The van der Waals surface area contributed by atoms with Crippen LogP contribution in [0.15, 0.2) is 20.0 Å². The summed E-state index contributed by atoms with van der Waals surface area (Å²) in [6.45, 7) is 5.76. The molecular weight excluding hydrogens is 358 g/mol. The van der Waals surface area contributed by atoms with Gasteiger partial charge >= 0.3 is 0 Å². The molecule has 0 saturated carbocycles. The molecule has 0 amide bonds. The van der Waals surface area contributed by atoms with E-state index in [1.165, 1.54) is 0 Å². The molecule has 0 aliphatic rings. The lowest BCUT2D eigenvalue weighted by Crippen LogP contribution is -2.27. The van der Waals surface area contributed by atoms with Gasteiger partial charge in [0.2, 0.25) is 10.0 Å². The fourth-order valence-corrected chi connectivity index (χ4v) is 3.72. The van der Waals surface area contributed by atoms with Gasteiger partial charge in [0.15, 0.2) is 4.67 Å². The van der Waals surface area contributed by atoms with Crippen molar-refractivity contribution in [2.24, 2.45) is 0 Å². The van der Waals surface area contributed by atoms with Crippen molar-refractivity contribution in [1.29, 1.82) is 0 Å². The maximum atomic E-state index is 12.2. The third kappa shape index (κ3) is 6.48. The van der Waals surface area contributed by atoms with Crippen LogP contribution < -0.4 is 10.0 Å². The van der Waals surface area contributed by atoms with E-state index in [1.54, 1.807) is 6.07 Å². The van der Waals surface area contributed by atoms with Crippen LogP contribution in [0.2, 0.25) is 0 Å². The quantitative estimate of drug-likeness (QED) is 0.637. The Morgan fingerprint density at radius 1 is 1.38 bits per heavy atom. The highest BCUT2D eigenvalue weighted by Crippen LogP contribution is 2.26. The molecular formula is C13H24BrN3O3S. The Morgan fingerprint density at radius 2 is 2.05 bits per heavy atom. The normalized spacial score (nSPS) is 12.5. The van der Waals surface area contributed by atoms with Crippen molar-refractivity contribution in [3.05, 3.63) is 16.5 Å². The van der Waals surface area contributed by atoms with E-state index in [-0.39, 0.29) is 9.56 Å². The maximum Gasteiger partial charge on any atom is 0.244 e. The molecule has 0 aromatic carbocycles. The van der Waals surface area contributed by atoms with Crippen molar-refractivity contribution in [2.45, 2.75) is 37.8 Å². The Hall–Kier alpha value is -0.410. The topological polar surface area (TPSA) is 74.6 Å². The van der Waals surface area contributed by atoms with Crippen LogP contribution in [0.25, 0.3) is 0 Å². The molecule has 0 aliphatic carbocycles. The fourth-order valence-electron chi connectivity index (χ4n) is 1.65. The smallest absolute Gasteiger partial charge is 0.244 e. The van der Waals surface area contributed by atoms with Crippen molar-refractivity contribution in [2.75, 3.05) is 27.2 Å². The first-order chi connectivity index (χ1) is 9.72. The summed E-state index contributed by atoms with van der Waals surface area (Å²) in [4.78, 5) is 2.16. The third-order valence-electron chi connectivity index (χ3n) is 2.75. The zero-order valence-electron chi connectivity index (χ0n) is 12.9. The molecule has 0 unspecified atom stereocenters. The second kappa shape index (κ2) is 8.28. The summed E-state index contributed by atoms with van der Waals surface area (Å²) in [6, 6.07) is 1.85. The number of halogens is 1. The number of rotatable bonds is 9. The largest absolute Gasteiger partial charge is 0.452 e. The minimum absolute atomic E-state index is 0.146. The lowest BCUT2D eigenvalue weighted by Gasteiger charge is -2.09. The molecule has 1 heterocycles. The van der Waals surface area contributed by atoms with Crippen molar-refractivity contribution >= 4 is 26.0 Å². The number of nitrogens with zero attached hydrogens (tertiary/aromatic N) is 1. The fraction of sp³-hybridized carbons (Fsp3) is 0.692. The molecule has 0 bridgehead atoms. The molecule has 8 heteroatoms. The zero-order chi connectivity index (χ0) is 16.0. The molecule has 1 aromatic heterocycles. The Labute approximate surface area is 135 Å². The Bertz CT molecular complexity index is 541. The first-order valence-electron chi connectivity index (χ1n) is 6.88. The summed E-state index contributed by atoms with van der Waals surface area (Å²) in [5.74, 6) is 0.587. The van der Waals surface area contributed by atoms with Gasteiger partial charge in [0.25, 0.3) is 0 Å². The Morgan fingerprint density at radius 3 is 2.62 bits per heavy atom. The minimum Gasteiger partial charge on any atom is -0.452 e. The van der Waals surface area contributed by atoms with Gasteiger partial charge < -0.3 is 14.6 Å².